The Kier molecular flexibility index (Phi) is 5.13. The average Bonchev–Trinajstić information content (AvgIpc) is 3.10. The maximum absolute atomic E-state index is 12.6. The maximum Gasteiger partial charge on any atom is 0.318 e. The summed E-state index contributed by atoms with van der Waals surface area (Å²) in [7, 11) is 0. The number of carbonyl (C=O) groups is 1. The smallest absolute Gasteiger partial charge is 0.318 e. The molecule has 6 nitrogen and oxygen atoms in total. The largest absolute Gasteiger partial charge is 0.338 e. The molecule has 2 aromatic rings. The Morgan fingerprint density at radius 1 is 1.29 bits per heavy atom. The predicted octanol–water partition coefficient (Wildman–Crippen LogP) is 3.16. The third-order valence-electron chi connectivity index (χ3n) is 4.33. The summed E-state index contributed by atoms with van der Waals surface area (Å²) in [5, 5.41) is 11.5. The van der Waals surface area contributed by atoms with E-state index in [1.165, 1.54) is 0 Å². The Morgan fingerprint density at radius 3 is 2.83 bits per heavy atom. The number of nitrogens with one attached hydrogen (secondary N) is 1. The van der Waals surface area contributed by atoms with Gasteiger partial charge in [-0.2, -0.15) is 0 Å². The van der Waals surface area contributed by atoms with E-state index in [1.807, 2.05) is 39.8 Å². The van der Waals surface area contributed by atoms with Crippen molar-refractivity contribution in [2.75, 3.05) is 13.1 Å². The zero-order chi connectivity index (χ0) is 16.9. The van der Waals surface area contributed by atoms with Crippen LogP contribution in [-0.2, 0) is 0 Å². The first-order chi connectivity index (χ1) is 11.7. The molecule has 1 aromatic heterocycles. The van der Waals surface area contributed by atoms with E-state index in [-0.39, 0.29) is 12.1 Å². The lowest BCUT2D eigenvalue weighted by atomic mass is 10.0. The fourth-order valence-electron chi connectivity index (χ4n) is 3.09. The van der Waals surface area contributed by atoms with Gasteiger partial charge >= 0.3 is 6.03 Å². The van der Waals surface area contributed by atoms with E-state index in [0.29, 0.717) is 12.5 Å². The van der Waals surface area contributed by atoms with Crippen LogP contribution in [-0.4, -0.2) is 38.8 Å². The Balaban J connectivity index is 1.84. The summed E-state index contributed by atoms with van der Waals surface area (Å²) < 4.78 is 1.98. The van der Waals surface area contributed by atoms with Gasteiger partial charge in [0.2, 0.25) is 0 Å². The molecule has 1 saturated heterocycles. The number of para-hydroxylation sites is 1. The number of likely N-dealkylation sites (tertiary alicyclic amines) is 1. The van der Waals surface area contributed by atoms with Crippen LogP contribution in [0.5, 0.6) is 0 Å². The highest BCUT2D eigenvalue weighted by atomic mass is 16.2. The summed E-state index contributed by atoms with van der Waals surface area (Å²) in [6.07, 6.45) is 4.77. The van der Waals surface area contributed by atoms with Crippen LogP contribution < -0.4 is 5.32 Å². The number of benzene rings is 1. The van der Waals surface area contributed by atoms with Gasteiger partial charge in [0, 0.05) is 18.8 Å². The van der Waals surface area contributed by atoms with Gasteiger partial charge in [0.25, 0.3) is 0 Å². The molecule has 1 fully saturated rings. The van der Waals surface area contributed by atoms with Crippen LogP contribution in [0.4, 0.5) is 4.79 Å². The van der Waals surface area contributed by atoms with Crippen molar-refractivity contribution in [3.05, 3.63) is 42.5 Å². The lowest BCUT2D eigenvalue weighted by Gasteiger charge is -2.35. The van der Waals surface area contributed by atoms with E-state index >= 15 is 0 Å². The fraction of sp³-hybridized carbons (Fsp3) is 0.500. The number of amides is 2. The third kappa shape index (κ3) is 3.58. The van der Waals surface area contributed by atoms with Crippen molar-refractivity contribution in [1.82, 2.24) is 25.0 Å². The second-order valence-electron chi connectivity index (χ2n) is 6.68. The minimum Gasteiger partial charge on any atom is -0.338 e. The second-order valence-corrected chi connectivity index (χ2v) is 6.68. The molecule has 0 radical (unpaired) electrons. The van der Waals surface area contributed by atoms with Crippen molar-refractivity contribution >= 4 is 6.03 Å². The highest BCUT2D eigenvalue weighted by molar-refractivity contribution is 5.74. The first kappa shape index (κ1) is 16.5. The highest BCUT2D eigenvalue weighted by Gasteiger charge is 2.31. The summed E-state index contributed by atoms with van der Waals surface area (Å²) in [4.78, 5) is 14.5. The molecule has 2 heterocycles. The Bertz CT molecular complexity index is 667. The predicted molar refractivity (Wildman–Crippen MR) is 92.9 cm³/mol. The van der Waals surface area contributed by atoms with Gasteiger partial charge in [0.15, 0.2) is 5.82 Å². The molecule has 2 amide bonds. The van der Waals surface area contributed by atoms with E-state index in [2.05, 4.69) is 29.4 Å². The summed E-state index contributed by atoms with van der Waals surface area (Å²) in [6, 6.07) is 9.99. The third-order valence-corrected chi connectivity index (χ3v) is 4.33. The fourth-order valence-corrected chi connectivity index (χ4v) is 3.09. The molecule has 1 aliphatic rings. The summed E-state index contributed by atoms with van der Waals surface area (Å²) >= 11 is 0. The Labute approximate surface area is 142 Å². The van der Waals surface area contributed by atoms with E-state index in [0.717, 1.165) is 37.3 Å². The summed E-state index contributed by atoms with van der Waals surface area (Å²) in [6.45, 7) is 5.64. The molecule has 1 aliphatic heterocycles. The standard InChI is InChI=1S/C18H25N5O/c1-14(2)12-19-18(24)22-11-7-6-10-16(22)17-21-20-13-23(17)15-8-4-3-5-9-15/h3-5,8-9,13-14,16H,6-7,10-12H2,1-2H3,(H,19,24)/t16-/m0/s1. The Hall–Kier alpha value is -2.37. The molecule has 1 N–H and O–H groups in total. The minimum absolute atomic E-state index is 0.00369. The van der Waals surface area contributed by atoms with Gasteiger partial charge in [0.05, 0.1) is 6.04 Å². The van der Waals surface area contributed by atoms with Crippen molar-refractivity contribution in [2.45, 2.75) is 39.2 Å². The minimum atomic E-state index is -0.0337. The molecule has 128 valence electrons. The van der Waals surface area contributed by atoms with Crippen LogP contribution >= 0.6 is 0 Å². The molecule has 0 bridgehead atoms. The number of hydrogen-bond acceptors (Lipinski definition) is 3. The molecule has 1 atom stereocenters. The van der Waals surface area contributed by atoms with Crippen LogP contribution in [0.25, 0.3) is 5.69 Å². The van der Waals surface area contributed by atoms with Gasteiger partial charge in [-0.1, -0.05) is 32.0 Å². The highest BCUT2D eigenvalue weighted by Crippen LogP contribution is 2.30. The molecule has 1 aromatic carbocycles. The van der Waals surface area contributed by atoms with Crippen LogP contribution in [0.15, 0.2) is 36.7 Å². The topological polar surface area (TPSA) is 63.1 Å². The number of urea groups is 1. The lowest BCUT2D eigenvalue weighted by molar-refractivity contribution is 0.146. The first-order valence-corrected chi connectivity index (χ1v) is 8.66. The number of rotatable bonds is 4. The number of hydrogen-bond donors (Lipinski definition) is 1. The molecular weight excluding hydrogens is 302 g/mol. The van der Waals surface area contributed by atoms with Crippen LogP contribution in [0.2, 0.25) is 0 Å². The van der Waals surface area contributed by atoms with Crippen LogP contribution in [0.3, 0.4) is 0 Å². The van der Waals surface area contributed by atoms with Crippen molar-refractivity contribution < 1.29 is 4.79 Å². The van der Waals surface area contributed by atoms with Gasteiger partial charge in [0.1, 0.15) is 6.33 Å². The number of nitrogens with zero attached hydrogens (tertiary/aromatic N) is 4. The quantitative estimate of drug-likeness (QED) is 0.938. The molecule has 0 aliphatic carbocycles. The number of aromatic nitrogens is 3. The lowest BCUT2D eigenvalue weighted by Crippen LogP contribution is -2.46. The van der Waals surface area contributed by atoms with Crippen LogP contribution in [0, 0.1) is 5.92 Å². The summed E-state index contributed by atoms with van der Waals surface area (Å²) in [5.41, 5.74) is 1.02. The normalized spacial score (nSPS) is 18.0. The van der Waals surface area contributed by atoms with Gasteiger partial charge in [-0.15, -0.1) is 10.2 Å². The van der Waals surface area contributed by atoms with Crippen molar-refractivity contribution in [3.8, 4) is 5.69 Å². The number of carbonyl (C=O) groups excluding carboxylic acids is 1. The van der Waals surface area contributed by atoms with E-state index < -0.39 is 0 Å². The van der Waals surface area contributed by atoms with Gasteiger partial charge < -0.3 is 10.2 Å². The molecule has 6 heteroatoms. The average molecular weight is 327 g/mol. The molecule has 0 spiro atoms. The van der Waals surface area contributed by atoms with E-state index in [1.54, 1.807) is 6.33 Å². The first-order valence-electron chi connectivity index (χ1n) is 8.66. The zero-order valence-electron chi connectivity index (χ0n) is 14.4. The monoisotopic (exact) mass is 327 g/mol. The molecule has 0 saturated carbocycles. The Morgan fingerprint density at radius 2 is 2.08 bits per heavy atom. The van der Waals surface area contributed by atoms with Crippen molar-refractivity contribution in [1.29, 1.82) is 0 Å². The molecule has 3 rings (SSSR count). The SMILES string of the molecule is CC(C)CNC(=O)N1CCCC[C@H]1c1nncn1-c1ccccc1. The second kappa shape index (κ2) is 7.47. The molecular formula is C18H25N5O. The van der Waals surface area contributed by atoms with Crippen molar-refractivity contribution in [2.24, 2.45) is 5.92 Å². The molecule has 0 unspecified atom stereocenters. The number of piperidine rings is 1. The maximum atomic E-state index is 12.6. The van der Waals surface area contributed by atoms with Gasteiger partial charge in [-0.05, 0) is 37.3 Å². The van der Waals surface area contributed by atoms with E-state index in [4.69, 9.17) is 0 Å². The van der Waals surface area contributed by atoms with Gasteiger partial charge in [-0.25, -0.2) is 4.79 Å². The van der Waals surface area contributed by atoms with Crippen LogP contribution in [0.1, 0.15) is 45.0 Å². The van der Waals surface area contributed by atoms with Crippen molar-refractivity contribution in [3.63, 3.8) is 0 Å². The van der Waals surface area contributed by atoms with E-state index in [9.17, 15) is 4.79 Å². The molecule has 24 heavy (non-hydrogen) atoms. The zero-order valence-corrected chi connectivity index (χ0v) is 14.4. The summed E-state index contributed by atoms with van der Waals surface area (Å²) in [5.74, 6) is 1.27. The van der Waals surface area contributed by atoms with Gasteiger partial charge in [-0.3, -0.25) is 4.57 Å².